The number of aryl methyl sites for hydroxylation is 2. The molecule has 0 aliphatic rings. The first-order valence-corrected chi connectivity index (χ1v) is 10.1. The second-order valence-corrected chi connectivity index (χ2v) is 8.23. The van der Waals surface area contributed by atoms with E-state index in [0.29, 0.717) is 31.8 Å². The smallest absolute Gasteiger partial charge is 0.262 e. The Labute approximate surface area is 179 Å². The number of nitrogens with one attached hydrogen (secondary N) is 1. The van der Waals surface area contributed by atoms with Crippen molar-refractivity contribution in [1.82, 2.24) is 15.0 Å². The Bertz CT molecular complexity index is 1170. The number of nitrogens with zero attached hydrogens (tertiary/aromatic N) is 3. The maximum atomic E-state index is 12.6. The van der Waals surface area contributed by atoms with Crippen molar-refractivity contribution >= 4 is 49.6 Å². The summed E-state index contributed by atoms with van der Waals surface area (Å²) in [5.74, 6) is 0.658. The number of carbonyl (C=O) groups excluding carboxylic acids is 1. The van der Waals surface area contributed by atoms with E-state index in [1.54, 1.807) is 19.2 Å². The highest BCUT2D eigenvalue weighted by Crippen LogP contribution is 2.35. The van der Waals surface area contributed by atoms with Gasteiger partial charge in [-0.05, 0) is 53.0 Å². The van der Waals surface area contributed by atoms with Gasteiger partial charge in [-0.3, -0.25) is 14.2 Å². The molecule has 0 saturated heterocycles. The van der Waals surface area contributed by atoms with Crippen LogP contribution in [-0.2, 0) is 11.3 Å². The van der Waals surface area contributed by atoms with Crippen LogP contribution in [-0.4, -0.2) is 35.9 Å². The third-order valence-electron chi connectivity index (χ3n) is 4.33. The van der Waals surface area contributed by atoms with E-state index >= 15 is 0 Å². The van der Waals surface area contributed by atoms with Crippen LogP contribution >= 0.6 is 27.3 Å². The molecule has 0 aliphatic heterocycles. The molecule has 29 heavy (non-hydrogen) atoms. The standard InChI is InChI=1S/C19H19BrN4O4S/c1-10-11(2)29-18-16(10)19(26)24(9-21-18)8-15(25)23-22-7-12-5-13(20)17(28-4)14(6-12)27-3/h5-7,9H,8H2,1-4H3,(H,23,25)/b22-7-. The van der Waals surface area contributed by atoms with Crippen molar-refractivity contribution in [2.45, 2.75) is 20.4 Å². The molecule has 152 valence electrons. The highest BCUT2D eigenvalue weighted by Gasteiger charge is 2.14. The van der Waals surface area contributed by atoms with E-state index < -0.39 is 5.91 Å². The Balaban J connectivity index is 1.73. The number of fused-ring (bicyclic) bond motifs is 1. The first-order chi connectivity index (χ1) is 13.8. The maximum Gasteiger partial charge on any atom is 0.262 e. The molecule has 0 radical (unpaired) electrons. The van der Waals surface area contributed by atoms with Gasteiger partial charge in [-0.15, -0.1) is 11.3 Å². The molecular weight excluding hydrogens is 460 g/mol. The number of thiophene rings is 1. The fourth-order valence-corrected chi connectivity index (χ4v) is 4.37. The number of hydrazone groups is 1. The topological polar surface area (TPSA) is 94.8 Å². The van der Waals surface area contributed by atoms with Crippen molar-refractivity contribution in [3.8, 4) is 11.5 Å². The van der Waals surface area contributed by atoms with Crippen LogP contribution in [0.1, 0.15) is 16.0 Å². The Kier molecular flexibility index (Phi) is 6.33. The SMILES string of the molecule is COc1cc(/C=N\NC(=O)Cn2cnc3sc(C)c(C)c3c2=O)cc(Br)c1OC. The van der Waals surface area contributed by atoms with Crippen LogP contribution < -0.4 is 20.5 Å². The van der Waals surface area contributed by atoms with Gasteiger partial charge < -0.3 is 9.47 Å². The largest absolute Gasteiger partial charge is 0.493 e. The van der Waals surface area contributed by atoms with E-state index in [1.165, 1.54) is 35.6 Å². The van der Waals surface area contributed by atoms with Crippen molar-refractivity contribution < 1.29 is 14.3 Å². The molecule has 1 N–H and O–H groups in total. The van der Waals surface area contributed by atoms with E-state index in [2.05, 4.69) is 31.4 Å². The molecule has 0 unspecified atom stereocenters. The Morgan fingerprint density at radius 1 is 1.34 bits per heavy atom. The van der Waals surface area contributed by atoms with Crippen molar-refractivity contribution in [2.24, 2.45) is 5.10 Å². The van der Waals surface area contributed by atoms with E-state index in [1.807, 2.05) is 13.8 Å². The number of hydrogen-bond acceptors (Lipinski definition) is 7. The van der Waals surface area contributed by atoms with Crippen LogP contribution in [0.15, 0.2) is 32.8 Å². The minimum absolute atomic E-state index is 0.178. The summed E-state index contributed by atoms with van der Waals surface area (Å²) in [5, 5.41) is 4.50. The zero-order valence-corrected chi connectivity index (χ0v) is 18.7. The molecule has 8 nitrogen and oxygen atoms in total. The number of benzene rings is 1. The molecule has 2 aromatic heterocycles. The molecule has 2 heterocycles. The average molecular weight is 479 g/mol. The van der Waals surface area contributed by atoms with Gasteiger partial charge in [0.1, 0.15) is 11.4 Å². The quantitative estimate of drug-likeness (QED) is 0.433. The van der Waals surface area contributed by atoms with Crippen molar-refractivity contribution in [2.75, 3.05) is 14.2 Å². The van der Waals surface area contributed by atoms with E-state index in [9.17, 15) is 9.59 Å². The van der Waals surface area contributed by atoms with Crippen LogP contribution in [0.25, 0.3) is 10.2 Å². The van der Waals surface area contributed by atoms with Gasteiger partial charge >= 0.3 is 0 Å². The monoisotopic (exact) mass is 478 g/mol. The minimum Gasteiger partial charge on any atom is -0.493 e. The molecule has 3 aromatic rings. The summed E-state index contributed by atoms with van der Waals surface area (Å²) in [6.45, 7) is 3.65. The molecule has 0 aliphatic carbocycles. The lowest BCUT2D eigenvalue weighted by molar-refractivity contribution is -0.121. The van der Waals surface area contributed by atoms with Gasteiger partial charge in [-0.25, -0.2) is 10.4 Å². The number of amides is 1. The van der Waals surface area contributed by atoms with Gasteiger partial charge in [-0.1, -0.05) is 0 Å². The molecule has 1 amide bonds. The number of halogens is 1. The average Bonchev–Trinajstić information content (AvgIpc) is 2.98. The predicted octanol–water partition coefficient (Wildman–Crippen LogP) is 3.00. The number of ether oxygens (including phenoxy) is 2. The van der Waals surface area contributed by atoms with E-state index in [0.717, 1.165) is 10.4 Å². The summed E-state index contributed by atoms with van der Waals surface area (Å²) in [6.07, 6.45) is 2.86. The Morgan fingerprint density at radius 3 is 2.79 bits per heavy atom. The second-order valence-electron chi connectivity index (χ2n) is 6.17. The Morgan fingerprint density at radius 2 is 2.10 bits per heavy atom. The number of rotatable bonds is 6. The van der Waals surface area contributed by atoms with Gasteiger partial charge in [0.15, 0.2) is 11.5 Å². The third kappa shape index (κ3) is 4.33. The Hall–Kier alpha value is -2.72. The summed E-state index contributed by atoms with van der Waals surface area (Å²) in [6, 6.07) is 3.50. The van der Waals surface area contributed by atoms with Crippen LogP contribution in [0.4, 0.5) is 0 Å². The van der Waals surface area contributed by atoms with E-state index in [4.69, 9.17) is 9.47 Å². The molecular formula is C19H19BrN4O4S. The fourth-order valence-electron chi connectivity index (χ4n) is 2.76. The maximum absolute atomic E-state index is 12.6. The minimum atomic E-state index is -0.436. The fraction of sp³-hybridized carbons (Fsp3) is 0.263. The predicted molar refractivity (Wildman–Crippen MR) is 116 cm³/mol. The molecule has 0 saturated carbocycles. The molecule has 1 aromatic carbocycles. The zero-order valence-electron chi connectivity index (χ0n) is 16.3. The van der Waals surface area contributed by atoms with E-state index in [-0.39, 0.29) is 12.1 Å². The first kappa shape index (κ1) is 21.0. The summed E-state index contributed by atoms with van der Waals surface area (Å²) in [5.41, 5.74) is 3.77. The number of aromatic nitrogens is 2. The lowest BCUT2D eigenvalue weighted by Gasteiger charge is -2.10. The van der Waals surface area contributed by atoms with Gasteiger partial charge in [0.2, 0.25) is 0 Å². The lowest BCUT2D eigenvalue weighted by Crippen LogP contribution is -2.30. The molecule has 0 bridgehead atoms. The lowest BCUT2D eigenvalue weighted by atomic mass is 10.2. The van der Waals surface area contributed by atoms with Gasteiger partial charge in [0.25, 0.3) is 11.5 Å². The van der Waals surface area contributed by atoms with Crippen LogP contribution in [0.5, 0.6) is 11.5 Å². The van der Waals surface area contributed by atoms with Gasteiger partial charge in [0.05, 0.1) is 36.6 Å². The van der Waals surface area contributed by atoms with Crippen molar-refractivity contribution in [1.29, 1.82) is 0 Å². The van der Waals surface area contributed by atoms with Crippen LogP contribution in [0.3, 0.4) is 0 Å². The summed E-state index contributed by atoms with van der Waals surface area (Å²) in [7, 11) is 3.08. The van der Waals surface area contributed by atoms with Crippen molar-refractivity contribution in [3.63, 3.8) is 0 Å². The van der Waals surface area contributed by atoms with Crippen LogP contribution in [0, 0.1) is 13.8 Å². The normalized spacial score (nSPS) is 11.2. The summed E-state index contributed by atoms with van der Waals surface area (Å²) < 4.78 is 12.5. The molecule has 0 fully saturated rings. The van der Waals surface area contributed by atoms with Crippen LogP contribution in [0.2, 0.25) is 0 Å². The van der Waals surface area contributed by atoms with Gasteiger partial charge in [0, 0.05) is 4.88 Å². The highest BCUT2D eigenvalue weighted by molar-refractivity contribution is 9.10. The molecule has 10 heteroatoms. The third-order valence-corrected chi connectivity index (χ3v) is 6.03. The van der Waals surface area contributed by atoms with Crippen molar-refractivity contribution in [3.05, 3.63) is 49.3 Å². The summed E-state index contributed by atoms with van der Waals surface area (Å²) >= 11 is 4.87. The number of hydrogen-bond donors (Lipinski definition) is 1. The first-order valence-electron chi connectivity index (χ1n) is 8.54. The highest BCUT2D eigenvalue weighted by atomic mass is 79.9. The zero-order chi connectivity index (χ0) is 21.1. The molecule has 0 atom stereocenters. The number of carbonyl (C=O) groups is 1. The second kappa shape index (κ2) is 8.75. The van der Waals surface area contributed by atoms with Gasteiger partial charge in [-0.2, -0.15) is 5.10 Å². The molecule has 0 spiro atoms. The summed E-state index contributed by atoms with van der Waals surface area (Å²) in [4.78, 5) is 30.9. The molecule has 3 rings (SSSR count). The number of methoxy groups -OCH3 is 2.